The molecule has 2 heterocycles. The molecule has 2 aliphatic rings. The highest BCUT2D eigenvalue weighted by atomic mass is 35.5. The van der Waals surface area contributed by atoms with Crippen molar-refractivity contribution >= 4 is 45.8 Å². The van der Waals surface area contributed by atoms with Crippen molar-refractivity contribution in [1.82, 2.24) is 4.98 Å². The van der Waals surface area contributed by atoms with Crippen molar-refractivity contribution < 1.29 is 18.7 Å². The Morgan fingerprint density at radius 2 is 2.16 bits per heavy atom. The first-order valence-corrected chi connectivity index (χ1v) is 13.3. The maximum atomic E-state index is 13.6. The lowest BCUT2D eigenvalue weighted by molar-refractivity contribution is -0.121. The Hall–Kier alpha value is -3.23. The van der Waals surface area contributed by atoms with Crippen LogP contribution in [-0.2, 0) is 22.4 Å². The number of ether oxygens (including phenoxy) is 2. The SMILES string of the molecule is C=N/C(=C\C1=C(Cc2ccc(F)c(Cl)c2)OCC1C(N)=O)CCc1cc(OC)c2nc(C3CC3)sc2c1. The Balaban J connectivity index is 1.40. The lowest BCUT2D eigenvalue weighted by Gasteiger charge is -2.09. The highest BCUT2D eigenvalue weighted by Crippen LogP contribution is 2.45. The van der Waals surface area contributed by atoms with Crippen LogP contribution in [0.4, 0.5) is 4.39 Å². The third-order valence-electron chi connectivity index (χ3n) is 6.69. The highest BCUT2D eigenvalue weighted by Gasteiger charge is 2.31. The van der Waals surface area contributed by atoms with Crippen molar-refractivity contribution in [3.8, 4) is 5.75 Å². The Morgan fingerprint density at radius 3 is 2.84 bits per heavy atom. The van der Waals surface area contributed by atoms with Gasteiger partial charge >= 0.3 is 0 Å². The number of aryl methyl sites for hydroxylation is 1. The van der Waals surface area contributed by atoms with Gasteiger partial charge < -0.3 is 15.2 Å². The van der Waals surface area contributed by atoms with Crippen molar-refractivity contribution in [2.45, 2.75) is 38.0 Å². The molecule has 2 N–H and O–H groups in total. The standard InChI is InChI=1S/C28H27ClFN3O3S/c1-32-18(7-3-16-11-24(35-2)26-25(12-16)37-28(33-26)17-5-6-17)13-19-20(27(31)34)14-36-23(19)10-15-4-8-22(30)21(29)9-15/h4,8-9,11-13,17,20H,1,3,5-7,10,14H2,2H3,(H2,31,34)/b18-13-. The van der Waals surface area contributed by atoms with Gasteiger partial charge in [-0.2, -0.15) is 0 Å². The topological polar surface area (TPSA) is 86.8 Å². The fourth-order valence-corrected chi connectivity index (χ4v) is 5.90. The minimum Gasteiger partial charge on any atom is -0.496 e. The van der Waals surface area contributed by atoms with E-state index in [-0.39, 0.29) is 11.6 Å². The number of thiazole rings is 1. The number of carbonyl (C=O) groups is 1. The number of aromatic nitrogens is 1. The van der Waals surface area contributed by atoms with Crippen LogP contribution in [0.1, 0.15) is 41.3 Å². The summed E-state index contributed by atoms with van der Waals surface area (Å²) >= 11 is 7.68. The zero-order chi connectivity index (χ0) is 26.1. The molecule has 1 fully saturated rings. The molecule has 0 saturated heterocycles. The van der Waals surface area contributed by atoms with E-state index in [1.807, 2.05) is 12.1 Å². The predicted octanol–water partition coefficient (Wildman–Crippen LogP) is 6.12. The third kappa shape index (κ3) is 5.55. The zero-order valence-corrected chi connectivity index (χ0v) is 22.0. The monoisotopic (exact) mass is 539 g/mol. The molecule has 1 unspecified atom stereocenters. The van der Waals surface area contributed by atoms with E-state index < -0.39 is 17.6 Å². The maximum Gasteiger partial charge on any atom is 0.228 e. The quantitative estimate of drug-likeness (QED) is 0.314. The van der Waals surface area contributed by atoms with Gasteiger partial charge in [-0.15, -0.1) is 11.3 Å². The molecule has 192 valence electrons. The second kappa shape index (κ2) is 10.6. The van der Waals surface area contributed by atoms with Gasteiger partial charge in [-0.05, 0) is 73.9 Å². The molecule has 1 atom stereocenters. The molecule has 1 aliphatic carbocycles. The molecular weight excluding hydrogens is 513 g/mol. The minimum atomic E-state index is -0.600. The number of carbonyl (C=O) groups excluding carboxylic acids is 1. The van der Waals surface area contributed by atoms with Crippen molar-refractivity contribution in [2.24, 2.45) is 16.6 Å². The first-order chi connectivity index (χ1) is 17.9. The molecule has 0 bridgehead atoms. The second-order valence-electron chi connectivity index (χ2n) is 9.33. The molecule has 37 heavy (non-hydrogen) atoms. The predicted molar refractivity (Wildman–Crippen MR) is 145 cm³/mol. The van der Waals surface area contributed by atoms with Crippen LogP contribution in [0.25, 0.3) is 10.2 Å². The molecule has 6 nitrogen and oxygen atoms in total. The number of hydrogen-bond donors (Lipinski definition) is 1. The smallest absolute Gasteiger partial charge is 0.228 e. The fourth-order valence-electron chi connectivity index (χ4n) is 4.48. The minimum absolute atomic E-state index is 0.0330. The summed E-state index contributed by atoms with van der Waals surface area (Å²) in [5.41, 5.74) is 9.83. The van der Waals surface area contributed by atoms with Crippen LogP contribution in [0, 0.1) is 11.7 Å². The molecule has 1 aromatic heterocycles. The lowest BCUT2D eigenvalue weighted by atomic mass is 9.95. The normalized spacial score (nSPS) is 17.8. The van der Waals surface area contributed by atoms with Gasteiger partial charge in [0.25, 0.3) is 0 Å². The molecule has 1 saturated carbocycles. The van der Waals surface area contributed by atoms with E-state index in [0.717, 1.165) is 27.1 Å². The van der Waals surface area contributed by atoms with Crippen molar-refractivity contribution in [2.75, 3.05) is 13.7 Å². The van der Waals surface area contributed by atoms with Crippen LogP contribution in [0.3, 0.4) is 0 Å². The molecule has 0 radical (unpaired) electrons. The number of nitrogens with two attached hydrogens (primary N) is 1. The number of nitrogens with zero attached hydrogens (tertiary/aromatic N) is 2. The van der Waals surface area contributed by atoms with Gasteiger partial charge in [0.05, 0.1) is 21.8 Å². The first kappa shape index (κ1) is 25.4. The van der Waals surface area contributed by atoms with Gasteiger partial charge in [-0.25, -0.2) is 9.37 Å². The molecule has 9 heteroatoms. The number of hydrogen-bond acceptors (Lipinski definition) is 6. The lowest BCUT2D eigenvalue weighted by Crippen LogP contribution is -2.25. The number of allylic oxidation sites excluding steroid dienone is 3. The molecule has 5 rings (SSSR count). The van der Waals surface area contributed by atoms with E-state index in [4.69, 9.17) is 31.8 Å². The Morgan fingerprint density at radius 1 is 1.35 bits per heavy atom. The molecule has 1 aliphatic heterocycles. The van der Waals surface area contributed by atoms with Gasteiger partial charge in [-0.3, -0.25) is 9.79 Å². The second-order valence-corrected chi connectivity index (χ2v) is 10.8. The number of halogens is 2. The average molecular weight is 540 g/mol. The van der Waals surface area contributed by atoms with E-state index in [1.165, 1.54) is 23.9 Å². The largest absolute Gasteiger partial charge is 0.496 e. The van der Waals surface area contributed by atoms with Crippen LogP contribution in [0.2, 0.25) is 5.02 Å². The Bertz CT molecular complexity index is 1440. The fraction of sp³-hybridized carbons (Fsp3) is 0.321. The van der Waals surface area contributed by atoms with Gasteiger partial charge in [0, 0.05) is 23.6 Å². The number of fused-ring (bicyclic) bond motifs is 1. The summed E-state index contributed by atoms with van der Waals surface area (Å²) in [5.74, 6) is 0.384. The van der Waals surface area contributed by atoms with Crippen molar-refractivity contribution in [1.29, 1.82) is 0 Å². The number of primary amides is 1. The van der Waals surface area contributed by atoms with Crippen LogP contribution in [0.15, 0.2) is 58.4 Å². The number of aliphatic imine (C=N–C) groups is 1. The van der Waals surface area contributed by atoms with Crippen LogP contribution < -0.4 is 10.5 Å². The van der Waals surface area contributed by atoms with Crippen molar-refractivity contribution in [3.05, 3.63) is 80.4 Å². The third-order valence-corrected chi connectivity index (χ3v) is 8.15. The molecule has 0 spiro atoms. The first-order valence-electron chi connectivity index (χ1n) is 12.1. The van der Waals surface area contributed by atoms with Crippen LogP contribution in [0.5, 0.6) is 5.75 Å². The zero-order valence-electron chi connectivity index (χ0n) is 20.4. The van der Waals surface area contributed by atoms with E-state index in [0.29, 0.717) is 42.2 Å². The molecule has 2 aromatic carbocycles. The summed E-state index contributed by atoms with van der Waals surface area (Å²) in [6, 6.07) is 8.69. The summed E-state index contributed by atoms with van der Waals surface area (Å²) in [7, 11) is 1.66. The van der Waals surface area contributed by atoms with Gasteiger partial charge in [0.1, 0.15) is 35.4 Å². The summed E-state index contributed by atoms with van der Waals surface area (Å²) in [4.78, 5) is 21.2. The summed E-state index contributed by atoms with van der Waals surface area (Å²) in [6.07, 6.45) is 5.89. The summed E-state index contributed by atoms with van der Waals surface area (Å²) in [6.45, 7) is 3.89. The molecule has 1 amide bonds. The molecular formula is C28H27ClFN3O3S. The summed E-state index contributed by atoms with van der Waals surface area (Å²) < 4.78 is 26.2. The van der Waals surface area contributed by atoms with E-state index >= 15 is 0 Å². The van der Waals surface area contributed by atoms with Crippen molar-refractivity contribution in [3.63, 3.8) is 0 Å². The van der Waals surface area contributed by atoms with Gasteiger partial charge in [-0.1, -0.05) is 17.7 Å². The number of methoxy groups -OCH3 is 1. The Kier molecular flexibility index (Phi) is 7.31. The van der Waals surface area contributed by atoms with Crippen LogP contribution >= 0.6 is 22.9 Å². The van der Waals surface area contributed by atoms with E-state index in [2.05, 4.69) is 17.8 Å². The van der Waals surface area contributed by atoms with Gasteiger partial charge in [0.15, 0.2) is 0 Å². The van der Waals surface area contributed by atoms with E-state index in [9.17, 15) is 9.18 Å². The molecule has 3 aromatic rings. The van der Waals surface area contributed by atoms with Gasteiger partial charge in [0.2, 0.25) is 5.91 Å². The Labute approximate surface area is 223 Å². The number of benzene rings is 2. The maximum absolute atomic E-state index is 13.6. The van der Waals surface area contributed by atoms with E-state index in [1.54, 1.807) is 30.6 Å². The van der Waals surface area contributed by atoms with Crippen LogP contribution in [-0.4, -0.2) is 31.3 Å². The number of rotatable bonds is 10. The average Bonchev–Trinajstić information content (AvgIpc) is 3.53. The number of amides is 1. The summed E-state index contributed by atoms with van der Waals surface area (Å²) in [5, 5.41) is 1.21. The highest BCUT2D eigenvalue weighted by molar-refractivity contribution is 7.18.